The molecule has 1 aromatic heterocycles. The zero-order valence-corrected chi connectivity index (χ0v) is 22.1. The van der Waals surface area contributed by atoms with Gasteiger partial charge in [-0.25, -0.2) is 4.79 Å². The molecular weight excluding hydrogens is 496 g/mol. The SMILES string of the molecule is Cc1ccc(C(OCC2OC(n3ncc(N)nc3=O)C(O)C2O)(c2ccc(C)cc2)c2ccc(C)cc2)cc1. The lowest BCUT2D eigenvalue weighted by Crippen LogP contribution is -2.40. The lowest BCUT2D eigenvalue weighted by Gasteiger charge is -2.37. The third-order valence-corrected chi connectivity index (χ3v) is 7.15. The Hall–Kier alpha value is -3.89. The first-order valence-corrected chi connectivity index (χ1v) is 12.8. The van der Waals surface area contributed by atoms with Crippen molar-refractivity contribution in [1.29, 1.82) is 0 Å². The van der Waals surface area contributed by atoms with Crippen LogP contribution in [0.2, 0.25) is 0 Å². The van der Waals surface area contributed by atoms with E-state index in [1.54, 1.807) is 0 Å². The van der Waals surface area contributed by atoms with Crippen molar-refractivity contribution in [3.05, 3.63) is 123 Å². The molecule has 0 saturated carbocycles. The normalized spacial score (nSPS) is 21.3. The average molecular weight is 529 g/mol. The summed E-state index contributed by atoms with van der Waals surface area (Å²) >= 11 is 0. The Morgan fingerprint density at radius 2 is 1.31 bits per heavy atom. The number of aryl methyl sites for hydroxylation is 3. The van der Waals surface area contributed by atoms with Gasteiger partial charge in [0.25, 0.3) is 0 Å². The third-order valence-electron chi connectivity index (χ3n) is 7.15. The molecule has 3 aromatic carbocycles. The van der Waals surface area contributed by atoms with Crippen molar-refractivity contribution >= 4 is 5.82 Å². The number of nitrogens with zero attached hydrogens (tertiary/aromatic N) is 3. The van der Waals surface area contributed by atoms with Gasteiger partial charge in [0.05, 0.1) is 12.8 Å². The number of ether oxygens (including phenoxy) is 2. The van der Waals surface area contributed by atoms with Crippen LogP contribution in [0.3, 0.4) is 0 Å². The van der Waals surface area contributed by atoms with Crippen LogP contribution in [0, 0.1) is 20.8 Å². The highest BCUT2D eigenvalue weighted by molar-refractivity contribution is 5.49. The van der Waals surface area contributed by atoms with Crippen molar-refractivity contribution in [1.82, 2.24) is 14.8 Å². The molecule has 1 saturated heterocycles. The fourth-order valence-corrected chi connectivity index (χ4v) is 4.93. The largest absolute Gasteiger partial charge is 0.387 e. The summed E-state index contributed by atoms with van der Waals surface area (Å²) in [6.45, 7) is 5.98. The summed E-state index contributed by atoms with van der Waals surface area (Å²) < 4.78 is 13.6. The topological polar surface area (TPSA) is 133 Å². The summed E-state index contributed by atoms with van der Waals surface area (Å²) in [5.41, 5.74) is 9.70. The van der Waals surface area contributed by atoms with Crippen molar-refractivity contribution in [2.24, 2.45) is 0 Å². The lowest BCUT2D eigenvalue weighted by molar-refractivity contribution is -0.0988. The van der Waals surface area contributed by atoms with Gasteiger partial charge in [-0.1, -0.05) is 89.5 Å². The Labute approximate surface area is 226 Å². The number of aliphatic hydroxyl groups is 2. The molecule has 0 bridgehead atoms. The van der Waals surface area contributed by atoms with Crippen molar-refractivity contribution < 1.29 is 19.7 Å². The highest BCUT2D eigenvalue weighted by atomic mass is 16.6. The number of anilines is 1. The molecule has 0 amide bonds. The van der Waals surface area contributed by atoms with Gasteiger partial charge < -0.3 is 25.4 Å². The quantitative estimate of drug-likeness (QED) is 0.312. The van der Waals surface area contributed by atoms with E-state index in [4.69, 9.17) is 15.2 Å². The Kier molecular flexibility index (Phi) is 7.33. The number of benzene rings is 3. The number of aliphatic hydroxyl groups excluding tert-OH is 2. The molecule has 2 heterocycles. The van der Waals surface area contributed by atoms with Crippen molar-refractivity contribution in [3.8, 4) is 0 Å². The van der Waals surface area contributed by atoms with Crippen LogP contribution in [-0.4, -0.2) is 49.9 Å². The van der Waals surface area contributed by atoms with E-state index in [0.717, 1.165) is 38.1 Å². The van der Waals surface area contributed by atoms with E-state index in [9.17, 15) is 15.0 Å². The van der Waals surface area contributed by atoms with E-state index in [1.807, 2.05) is 93.6 Å². The molecule has 1 fully saturated rings. The summed E-state index contributed by atoms with van der Waals surface area (Å²) in [5, 5.41) is 25.6. The minimum Gasteiger partial charge on any atom is -0.387 e. The molecule has 9 heteroatoms. The molecule has 4 aromatic rings. The van der Waals surface area contributed by atoms with Gasteiger partial charge in [-0.05, 0) is 37.5 Å². The predicted molar refractivity (Wildman–Crippen MR) is 146 cm³/mol. The first kappa shape index (κ1) is 26.7. The van der Waals surface area contributed by atoms with Gasteiger partial charge in [-0.15, -0.1) is 0 Å². The van der Waals surface area contributed by atoms with E-state index >= 15 is 0 Å². The van der Waals surface area contributed by atoms with Gasteiger partial charge >= 0.3 is 5.69 Å². The maximum Gasteiger partial charge on any atom is 0.368 e. The second kappa shape index (κ2) is 10.7. The molecule has 1 aliphatic heterocycles. The van der Waals surface area contributed by atoms with Crippen LogP contribution in [0.25, 0.3) is 0 Å². The maximum absolute atomic E-state index is 12.3. The highest BCUT2D eigenvalue weighted by Gasteiger charge is 2.47. The van der Waals surface area contributed by atoms with Gasteiger partial charge in [0.15, 0.2) is 6.23 Å². The minimum atomic E-state index is -1.43. The molecule has 1 aliphatic rings. The molecule has 39 heavy (non-hydrogen) atoms. The average Bonchev–Trinajstić information content (AvgIpc) is 3.20. The first-order chi connectivity index (χ1) is 18.7. The second-order valence-electron chi connectivity index (χ2n) is 10.0. The molecule has 9 nitrogen and oxygen atoms in total. The second-order valence-corrected chi connectivity index (χ2v) is 10.0. The molecule has 4 unspecified atom stereocenters. The van der Waals surface area contributed by atoms with Crippen LogP contribution in [0.4, 0.5) is 5.82 Å². The van der Waals surface area contributed by atoms with Crippen LogP contribution in [0.15, 0.2) is 83.8 Å². The summed E-state index contributed by atoms with van der Waals surface area (Å²) in [6, 6.07) is 24.4. The van der Waals surface area contributed by atoms with Crippen molar-refractivity contribution in [2.45, 2.75) is 50.9 Å². The van der Waals surface area contributed by atoms with E-state index in [2.05, 4.69) is 10.1 Å². The molecule has 0 spiro atoms. The van der Waals surface area contributed by atoms with Crippen molar-refractivity contribution in [2.75, 3.05) is 12.3 Å². The summed E-state index contributed by atoms with van der Waals surface area (Å²) in [5.74, 6) is -0.0526. The smallest absolute Gasteiger partial charge is 0.368 e. The fraction of sp³-hybridized carbons (Fsp3) is 0.300. The van der Waals surface area contributed by atoms with E-state index in [0.29, 0.717) is 0 Å². The summed E-state index contributed by atoms with van der Waals surface area (Å²) in [6.07, 6.45) is -3.79. The van der Waals surface area contributed by atoms with Crippen molar-refractivity contribution in [3.63, 3.8) is 0 Å². The van der Waals surface area contributed by atoms with E-state index in [-0.39, 0.29) is 12.4 Å². The zero-order chi connectivity index (χ0) is 27.7. The van der Waals surface area contributed by atoms with E-state index < -0.39 is 35.8 Å². The van der Waals surface area contributed by atoms with Crippen LogP contribution in [0.5, 0.6) is 0 Å². The molecule has 5 rings (SSSR count). The first-order valence-electron chi connectivity index (χ1n) is 12.8. The molecule has 0 radical (unpaired) electrons. The molecular formula is C30H32N4O5. The third kappa shape index (κ3) is 5.09. The van der Waals surface area contributed by atoms with Gasteiger partial charge in [0.1, 0.15) is 29.7 Å². The number of hydrogen-bond acceptors (Lipinski definition) is 8. The molecule has 202 valence electrons. The lowest BCUT2D eigenvalue weighted by atomic mass is 9.79. The maximum atomic E-state index is 12.3. The number of nitrogens with two attached hydrogens (primary N) is 1. The predicted octanol–water partition coefficient (Wildman–Crippen LogP) is 2.77. The van der Waals surface area contributed by atoms with Crippen LogP contribution in [-0.2, 0) is 15.1 Å². The summed E-state index contributed by atoms with van der Waals surface area (Å²) in [7, 11) is 0. The number of rotatable bonds is 7. The van der Waals surface area contributed by atoms with Crippen LogP contribution in [0.1, 0.15) is 39.6 Å². The van der Waals surface area contributed by atoms with E-state index in [1.165, 1.54) is 6.20 Å². The number of aromatic nitrogens is 3. The fourth-order valence-electron chi connectivity index (χ4n) is 4.93. The van der Waals surface area contributed by atoms with Crippen LogP contribution < -0.4 is 11.4 Å². The zero-order valence-electron chi connectivity index (χ0n) is 22.1. The van der Waals surface area contributed by atoms with Gasteiger partial charge in [0, 0.05) is 0 Å². The molecule has 4 atom stereocenters. The highest BCUT2D eigenvalue weighted by Crippen LogP contribution is 2.42. The number of nitrogen functional groups attached to an aromatic ring is 1. The standard InChI is InChI=1S/C30H32N4O5/c1-18-4-10-21(11-5-18)30(22-12-6-19(2)7-13-22,23-14-8-20(3)9-15-23)38-17-24-26(35)27(36)28(39-24)34-29(37)33-25(31)16-32-34/h4-16,24,26-28,35-36H,17H2,1-3H3,(H2,31,33,37). The van der Waals surface area contributed by atoms with Crippen LogP contribution >= 0.6 is 0 Å². The monoisotopic (exact) mass is 528 g/mol. The van der Waals surface area contributed by atoms with Gasteiger partial charge in [-0.2, -0.15) is 14.8 Å². The molecule has 0 aliphatic carbocycles. The summed E-state index contributed by atoms with van der Waals surface area (Å²) in [4.78, 5) is 16.0. The Bertz CT molecular complexity index is 1380. The Morgan fingerprint density at radius 1 is 0.846 bits per heavy atom. The Balaban J connectivity index is 1.56. The minimum absolute atomic E-state index is 0.0526. The Morgan fingerprint density at radius 3 is 1.74 bits per heavy atom. The molecule has 4 N–H and O–H groups in total. The van der Waals surface area contributed by atoms with Gasteiger partial charge in [0.2, 0.25) is 0 Å². The number of hydrogen-bond donors (Lipinski definition) is 3. The van der Waals surface area contributed by atoms with Gasteiger partial charge in [-0.3, -0.25) is 0 Å².